The van der Waals surface area contributed by atoms with Crippen molar-refractivity contribution in [2.24, 2.45) is 0 Å². The van der Waals surface area contributed by atoms with E-state index in [1.165, 1.54) is 5.69 Å². The Labute approximate surface area is 128 Å². The lowest BCUT2D eigenvalue weighted by molar-refractivity contribution is 1.13. The zero-order chi connectivity index (χ0) is 14.7. The fourth-order valence-electron chi connectivity index (χ4n) is 1.94. The lowest BCUT2D eigenvalue weighted by atomic mass is 10.1. The number of anilines is 3. The van der Waals surface area contributed by atoms with Gasteiger partial charge in [0.2, 0.25) is 0 Å². The molecule has 106 valence electrons. The van der Waals surface area contributed by atoms with E-state index in [-0.39, 0.29) is 0 Å². The second-order valence-electron chi connectivity index (χ2n) is 4.82. The number of thiazole rings is 1. The molecule has 0 aliphatic heterocycles. The topological polar surface area (TPSA) is 41.0 Å². The van der Waals surface area contributed by atoms with Gasteiger partial charge in [-0.25, -0.2) is 9.97 Å². The van der Waals surface area contributed by atoms with Crippen LogP contribution in [0.5, 0.6) is 0 Å². The molecule has 2 aromatic heterocycles. The predicted octanol–water partition coefficient (Wildman–Crippen LogP) is 4.01. The number of hydrogen-bond donors (Lipinski definition) is 1. The smallest absolute Gasteiger partial charge is 0.188 e. The van der Waals surface area contributed by atoms with E-state index in [0.29, 0.717) is 0 Å². The average molecular weight is 296 g/mol. The normalized spacial score (nSPS) is 10.4. The molecule has 1 aromatic carbocycles. The van der Waals surface area contributed by atoms with Crippen LogP contribution in [0.1, 0.15) is 0 Å². The summed E-state index contributed by atoms with van der Waals surface area (Å²) in [6.45, 7) is 0. The Morgan fingerprint density at radius 1 is 1.05 bits per heavy atom. The molecule has 0 saturated carbocycles. The Kier molecular flexibility index (Phi) is 3.83. The molecule has 3 rings (SSSR count). The fraction of sp³-hybridized carbons (Fsp3) is 0.125. The summed E-state index contributed by atoms with van der Waals surface area (Å²) >= 11 is 1.58. The van der Waals surface area contributed by atoms with E-state index in [4.69, 9.17) is 0 Å². The van der Waals surface area contributed by atoms with E-state index in [9.17, 15) is 0 Å². The quantitative estimate of drug-likeness (QED) is 0.789. The van der Waals surface area contributed by atoms with Gasteiger partial charge in [-0.3, -0.25) is 0 Å². The summed E-state index contributed by atoms with van der Waals surface area (Å²) in [6.07, 6.45) is 1.76. The van der Waals surface area contributed by atoms with Crippen LogP contribution < -0.4 is 10.2 Å². The van der Waals surface area contributed by atoms with Gasteiger partial charge in [0.15, 0.2) is 5.13 Å². The molecule has 5 heteroatoms. The number of nitrogens with one attached hydrogen (secondary N) is 1. The maximum Gasteiger partial charge on any atom is 0.188 e. The molecule has 3 aromatic rings. The predicted molar refractivity (Wildman–Crippen MR) is 89.4 cm³/mol. The van der Waals surface area contributed by atoms with Crippen LogP contribution in [0.3, 0.4) is 0 Å². The van der Waals surface area contributed by atoms with Gasteiger partial charge in [-0.2, -0.15) is 0 Å². The second kappa shape index (κ2) is 5.93. The summed E-state index contributed by atoms with van der Waals surface area (Å²) in [5.74, 6) is 0.807. The molecular weight excluding hydrogens is 280 g/mol. The Balaban J connectivity index is 1.78. The molecule has 0 spiro atoms. The van der Waals surface area contributed by atoms with Crippen LogP contribution in [0.4, 0.5) is 16.6 Å². The Bertz CT molecular complexity index is 705. The van der Waals surface area contributed by atoms with Crippen molar-refractivity contribution in [3.05, 3.63) is 54.0 Å². The van der Waals surface area contributed by atoms with Gasteiger partial charge in [0, 0.05) is 36.9 Å². The van der Waals surface area contributed by atoms with Crippen LogP contribution in [0, 0.1) is 0 Å². The molecule has 0 saturated heterocycles. The SMILES string of the molecule is CN(C)c1ccc(-c2csc(Nc3ccccn3)n2)cc1. The first-order valence-corrected chi connectivity index (χ1v) is 7.52. The fourth-order valence-corrected chi connectivity index (χ4v) is 2.67. The Morgan fingerprint density at radius 3 is 2.52 bits per heavy atom. The van der Waals surface area contributed by atoms with Gasteiger partial charge < -0.3 is 10.2 Å². The Hall–Kier alpha value is -2.40. The van der Waals surface area contributed by atoms with Gasteiger partial charge in [0.25, 0.3) is 0 Å². The molecule has 2 heterocycles. The Morgan fingerprint density at radius 2 is 1.86 bits per heavy atom. The highest BCUT2D eigenvalue weighted by Gasteiger charge is 2.05. The largest absolute Gasteiger partial charge is 0.378 e. The van der Waals surface area contributed by atoms with Crippen molar-refractivity contribution in [1.82, 2.24) is 9.97 Å². The minimum Gasteiger partial charge on any atom is -0.378 e. The van der Waals surface area contributed by atoms with Crippen molar-refractivity contribution in [3.8, 4) is 11.3 Å². The maximum absolute atomic E-state index is 4.60. The van der Waals surface area contributed by atoms with Crippen molar-refractivity contribution in [2.75, 3.05) is 24.3 Å². The van der Waals surface area contributed by atoms with Crippen molar-refractivity contribution < 1.29 is 0 Å². The second-order valence-corrected chi connectivity index (χ2v) is 5.68. The van der Waals surface area contributed by atoms with Gasteiger partial charge in [-0.1, -0.05) is 18.2 Å². The zero-order valence-electron chi connectivity index (χ0n) is 11.9. The highest BCUT2D eigenvalue weighted by Crippen LogP contribution is 2.27. The van der Waals surface area contributed by atoms with Crippen molar-refractivity contribution >= 4 is 28.0 Å². The average Bonchev–Trinajstić information content (AvgIpc) is 2.97. The monoisotopic (exact) mass is 296 g/mol. The summed E-state index contributed by atoms with van der Waals surface area (Å²) < 4.78 is 0. The minimum atomic E-state index is 0.807. The number of aromatic nitrogens is 2. The molecule has 0 fully saturated rings. The number of rotatable bonds is 4. The molecule has 0 radical (unpaired) electrons. The lowest BCUT2D eigenvalue weighted by Gasteiger charge is -2.12. The van der Waals surface area contributed by atoms with E-state index in [1.54, 1.807) is 17.5 Å². The van der Waals surface area contributed by atoms with E-state index >= 15 is 0 Å². The third kappa shape index (κ3) is 3.20. The van der Waals surface area contributed by atoms with Crippen LogP contribution in [-0.2, 0) is 0 Å². The van der Waals surface area contributed by atoms with Crippen LogP contribution >= 0.6 is 11.3 Å². The first-order chi connectivity index (χ1) is 10.2. The molecule has 21 heavy (non-hydrogen) atoms. The zero-order valence-corrected chi connectivity index (χ0v) is 12.8. The van der Waals surface area contributed by atoms with Gasteiger partial charge in [0.1, 0.15) is 5.82 Å². The van der Waals surface area contributed by atoms with Crippen molar-refractivity contribution in [2.45, 2.75) is 0 Å². The molecular formula is C16H16N4S. The van der Waals surface area contributed by atoms with Crippen LogP contribution in [0.15, 0.2) is 54.0 Å². The van der Waals surface area contributed by atoms with E-state index in [0.717, 1.165) is 22.2 Å². The van der Waals surface area contributed by atoms with Crippen LogP contribution in [0.2, 0.25) is 0 Å². The molecule has 4 nitrogen and oxygen atoms in total. The molecule has 0 aliphatic rings. The van der Waals surface area contributed by atoms with Gasteiger partial charge in [-0.15, -0.1) is 11.3 Å². The lowest BCUT2D eigenvalue weighted by Crippen LogP contribution is -2.07. The maximum atomic E-state index is 4.60. The molecule has 0 aliphatic carbocycles. The third-order valence-corrected chi connectivity index (χ3v) is 3.84. The van der Waals surface area contributed by atoms with Crippen molar-refractivity contribution in [1.29, 1.82) is 0 Å². The van der Waals surface area contributed by atoms with Crippen molar-refractivity contribution in [3.63, 3.8) is 0 Å². The summed E-state index contributed by atoms with van der Waals surface area (Å²) in [5.41, 5.74) is 3.27. The number of hydrogen-bond acceptors (Lipinski definition) is 5. The van der Waals surface area contributed by atoms with Gasteiger partial charge >= 0.3 is 0 Å². The first-order valence-electron chi connectivity index (χ1n) is 6.64. The highest BCUT2D eigenvalue weighted by atomic mass is 32.1. The standard InChI is InChI=1S/C16H16N4S/c1-20(2)13-8-6-12(7-9-13)14-11-21-16(18-14)19-15-5-3-4-10-17-15/h3-11H,1-2H3,(H,17,18,19). The summed E-state index contributed by atoms with van der Waals surface area (Å²) in [6, 6.07) is 14.1. The number of benzene rings is 1. The summed E-state index contributed by atoms with van der Waals surface area (Å²) in [7, 11) is 4.07. The van der Waals surface area contributed by atoms with E-state index in [2.05, 4.69) is 49.8 Å². The molecule has 0 unspecified atom stereocenters. The molecule has 0 atom stereocenters. The third-order valence-electron chi connectivity index (χ3n) is 3.08. The summed E-state index contributed by atoms with van der Waals surface area (Å²) in [4.78, 5) is 10.9. The van der Waals surface area contributed by atoms with Gasteiger partial charge in [-0.05, 0) is 24.3 Å². The van der Waals surface area contributed by atoms with Crippen LogP contribution in [-0.4, -0.2) is 24.1 Å². The van der Waals surface area contributed by atoms with Gasteiger partial charge in [0.05, 0.1) is 5.69 Å². The number of nitrogens with zero attached hydrogens (tertiary/aromatic N) is 3. The molecule has 0 amide bonds. The molecule has 0 bridgehead atoms. The van der Waals surface area contributed by atoms with Crippen LogP contribution in [0.25, 0.3) is 11.3 Å². The first kappa shape index (κ1) is 13.6. The number of pyridine rings is 1. The van der Waals surface area contributed by atoms with E-state index < -0.39 is 0 Å². The molecule has 1 N–H and O–H groups in total. The highest BCUT2D eigenvalue weighted by molar-refractivity contribution is 7.14. The summed E-state index contributed by atoms with van der Waals surface area (Å²) in [5, 5.41) is 6.11. The minimum absolute atomic E-state index is 0.807. The van der Waals surface area contributed by atoms with E-state index in [1.807, 2.05) is 32.3 Å².